The van der Waals surface area contributed by atoms with Crippen molar-refractivity contribution in [3.05, 3.63) is 50.4 Å². The molecule has 0 unspecified atom stereocenters. The van der Waals surface area contributed by atoms with Crippen molar-refractivity contribution in [2.45, 2.75) is 45.6 Å². The summed E-state index contributed by atoms with van der Waals surface area (Å²) in [5, 5.41) is 3.55. The number of aromatic nitrogens is 2. The van der Waals surface area contributed by atoms with Crippen LogP contribution in [0.1, 0.15) is 45.9 Å². The van der Waals surface area contributed by atoms with Crippen LogP contribution >= 0.6 is 11.3 Å². The van der Waals surface area contributed by atoms with Crippen LogP contribution in [0, 0.1) is 6.92 Å². The number of aryl methyl sites for hydroxylation is 2. The second-order valence-corrected chi connectivity index (χ2v) is 8.71. The molecule has 8 heteroatoms. The predicted octanol–water partition coefficient (Wildman–Crippen LogP) is 3.48. The van der Waals surface area contributed by atoms with Crippen molar-refractivity contribution in [3.8, 4) is 11.5 Å². The largest absolute Gasteiger partial charge is 0.497 e. The zero-order chi connectivity index (χ0) is 22.0. The number of carbonyl (C=O) groups is 1. The molecule has 3 aromatic rings. The van der Waals surface area contributed by atoms with Gasteiger partial charge in [0.2, 0.25) is 0 Å². The molecular formula is C23H27N3O4S. The van der Waals surface area contributed by atoms with E-state index in [9.17, 15) is 9.59 Å². The Morgan fingerprint density at radius 3 is 2.84 bits per heavy atom. The van der Waals surface area contributed by atoms with Gasteiger partial charge in [-0.05, 0) is 55.5 Å². The lowest BCUT2D eigenvalue weighted by Gasteiger charge is -2.11. The average Bonchev–Trinajstić information content (AvgIpc) is 2.94. The third-order valence-electron chi connectivity index (χ3n) is 5.79. The normalized spacial score (nSPS) is 13.5. The predicted molar refractivity (Wildman–Crippen MR) is 122 cm³/mol. The molecule has 3 heterocycles. The number of methoxy groups -OCH3 is 2. The molecule has 1 N–H and O–H groups in total. The first-order valence-corrected chi connectivity index (χ1v) is 11.4. The molecule has 1 amide bonds. The van der Waals surface area contributed by atoms with E-state index in [1.54, 1.807) is 18.8 Å². The Bertz CT molecular complexity index is 1180. The van der Waals surface area contributed by atoms with Gasteiger partial charge in [-0.15, -0.1) is 11.3 Å². The fraction of sp³-hybridized carbons (Fsp3) is 0.435. The van der Waals surface area contributed by atoms with Crippen LogP contribution in [0.5, 0.6) is 11.5 Å². The molecule has 0 fully saturated rings. The number of nitrogens with one attached hydrogen (secondary N) is 1. The van der Waals surface area contributed by atoms with E-state index in [1.807, 2.05) is 25.1 Å². The summed E-state index contributed by atoms with van der Waals surface area (Å²) in [4.78, 5) is 31.9. The van der Waals surface area contributed by atoms with Gasteiger partial charge in [0, 0.05) is 19.5 Å². The number of thiophene rings is 1. The Kier molecular flexibility index (Phi) is 6.27. The number of amides is 1. The van der Waals surface area contributed by atoms with Gasteiger partial charge in [-0.3, -0.25) is 14.2 Å². The smallest absolute Gasteiger partial charge is 0.262 e. The molecule has 7 nitrogen and oxygen atoms in total. The van der Waals surface area contributed by atoms with Crippen molar-refractivity contribution in [2.75, 3.05) is 20.8 Å². The standard InChI is InChI=1S/C23H27N3O4S/c1-14-19-22(25-18-7-5-4-6-12-26(18)23(19)28)31-20(14)21(27)24-11-10-15-13-16(29-2)8-9-17(15)30-3/h8-9,13H,4-7,10-12H2,1-3H3,(H,24,27). The Morgan fingerprint density at radius 1 is 1.23 bits per heavy atom. The van der Waals surface area contributed by atoms with Gasteiger partial charge in [0.1, 0.15) is 22.2 Å². The van der Waals surface area contributed by atoms with Gasteiger partial charge in [-0.1, -0.05) is 6.42 Å². The molecule has 0 saturated heterocycles. The van der Waals surface area contributed by atoms with Crippen molar-refractivity contribution in [3.63, 3.8) is 0 Å². The van der Waals surface area contributed by atoms with Crippen LogP contribution in [0.25, 0.3) is 10.2 Å². The van der Waals surface area contributed by atoms with Crippen LogP contribution in [0.3, 0.4) is 0 Å². The minimum absolute atomic E-state index is 0.0178. The number of fused-ring (bicyclic) bond motifs is 2. The fourth-order valence-corrected chi connectivity index (χ4v) is 5.20. The Balaban J connectivity index is 1.54. The third-order valence-corrected chi connectivity index (χ3v) is 6.97. The number of nitrogens with zero attached hydrogens (tertiary/aromatic N) is 2. The highest BCUT2D eigenvalue weighted by Gasteiger charge is 2.22. The van der Waals surface area contributed by atoms with Gasteiger partial charge in [0.05, 0.1) is 24.5 Å². The number of hydrogen-bond donors (Lipinski definition) is 1. The SMILES string of the molecule is COc1ccc(OC)c(CCNC(=O)c2sc3nc4n(c(=O)c3c2C)CCCCC4)c1. The van der Waals surface area contributed by atoms with Gasteiger partial charge in [0.25, 0.3) is 11.5 Å². The summed E-state index contributed by atoms with van der Waals surface area (Å²) in [6, 6.07) is 5.61. The molecule has 0 saturated carbocycles. The van der Waals surface area contributed by atoms with Gasteiger partial charge < -0.3 is 14.8 Å². The number of benzene rings is 1. The maximum Gasteiger partial charge on any atom is 0.262 e. The minimum Gasteiger partial charge on any atom is -0.497 e. The summed E-state index contributed by atoms with van der Waals surface area (Å²) in [6.45, 7) is 2.99. The van der Waals surface area contributed by atoms with Gasteiger partial charge in [-0.2, -0.15) is 0 Å². The van der Waals surface area contributed by atoms with E-state index in [0.717, 1.165) is 48.6 Å². The zero-order valence-electron chi connectivity index (χ0n) is 18.1. The molecule has 0 atom stereocenters. The van der Waals surface area contributed by atoms with Crippen molar-refractivity contribution in [1.82, 2.24) is 14.9 Å². The molecule has 0 spiro atoms. The van der Waals surface area contributed by atoms with E-state index >= 15 is 0 Å². The lowest BCUT2D eigenvalue weighted by Crippen LogP contribution is -2.26. The summed E-state index contributed by atoms with van der Waals surface area (Å²) in [7, 11) is 3.24. The zero-order valence-corrected chi connectivity index (χ0v) is 18.9. The highest BCUT2D eigenvalue weighted by atomic mass is 32.1. The Labute approximate surface area is 185 Å². The lowest BCUT2D eigenvalue weighted by molar-refractivity contribution is 0.0957. The topological polar surface area (TPSA) is 82.4 Å². The summed E-state index contributed by atoms with van der Waals surface area (Å²) in [5.74, 6) is 2.16. The van der Waals surface area contributed by atoms with E-state index in [2.05, 4.69) is 5.32 Å². The Morgan fingerprint density at radius 2 is 2.06 bits per heavy atom. The number of carbonyl (C=O) groups excluding carboxylic acids is 1. The quantitative estimate of drug-likeness (QED) is 0.633. The first-order chi connectivity index (χ1) is 15.0. The van der Waals surface area contributed by atoms with Crippen molar-refractivity contribution >= 4 is 27.5 Å². The van der Waals surface area contributed by atoms with E-state index in [4.69, 9.17) is 14.5 Å². The molecule has 2 aromatic heterocycles. The van der Waals surface area contributed by atoms with E-state index in [0.29, 0.717) is 40.2 Å². The van der Waals surface area contributed by atoms with E-state index in [-0.39, 0.29) is 11.5 Å². The van der Waals surface area contributed by atoms with Crippen LogP contribution in [-0.2, 0) is 19.4 Å². The van der Waals surface area contributed by atoms with Crippen molar-refractivity contribution in [2.24, 2.45) is 0 Å². The molecular weight excluding hydrogens is 414 g/mol. The number of ether oxygens (including phenoxy) is 2. The summed E-state index contributed by atoms with van der Waals surface area (Å²) < 4.78 is 12.5. The monoisotopic (exact) mass is 441 g/mol. The third kappa shape index (κ3) is 4.17. The second kappa shape index (κ2) is 9.09. The van der Waals surface area contributed by atoms with Crippen LogP contribution in [0.4, 0.5) is 0 Å². The lowest BCUT2D eigenvalue weighted by atomic mass is 10.1. The molecule has 0 bridgehead atoms. The van der Waals surface area contributed by atoms with Crippen molar-refractivity contribution < 1.29 is 14.3 Å². The molecule has 1 aromatic carbocycles. The minimum atomic E-state index is -0.179. The maximum absolute atomic E-state index is 13.1. The highest BCUT2D eigenvalue weighted by molar-refractivity contribution is 7.20. The molecule has 4 rings (SSSR count). The van der Waals surface area contributed by atoms with Crippen LogP contribution in [0.15, 0.2) is 23.0 Å². The molecule has 1 aliphatic rings. The summed E-state index contributed by atoms with van der Waals surface area (Å²) in [5.41, 5.74) is 1.66. The molecule has 0 radical (unpaired) electrons. The first-order valence-electron chi connectivity index (χ1n) is 10.6. The van der Waals surface area contributed by atoms with Crippen LogP contribution < -0.4 is 20.3 Å². The van der Waals surface area contributed by atoms with Crippen molar-refractivity contribution in [1.29, 1.82) is 0 Å². The first kappa shape index (κ1) is 21.4. The van der Waals surface area contributed by atoms with Crippen LogP contribution in [-0.4, -0.2) is 36.2 Å². The van der Waals surface area contributed by atoms with Gasteiger partial charge in [0.15, 0.2) is 0 Å². The van der Waals surface area contributed by atoms with Crippen LogP contribution in [0.2, 0.25) is 0 Å². The second-order valence-electron chi connectivity index (χ2n) is 7.72. The molecule has 1 aliphatic heterocycles. The van der Waals surface area contributed by atoms with Gasteiger partial charge >= 0.3 is 0 Å². The fourth-order valence-electron chi connectivity index (χ4n) is 4.09. The Hall–Kier alpha value is -2.87. The van der Waals surface area contributed by atoms with E-state index < -0.39 is 0 Å². The maximum atomic E-state index is 13.1. The summed E-state index contributed by atoms with van der Waals surface area (Å²) >= 11 is 1.30. The molecule has 0 aliphatic carbocycles. The summed E-state index contributed by atoms with van der Waals surface area (Å²) in [6.07, 6.45) is 4.56. The van der Waals surface area contributed by atoms with E-state index in [1.165, 1.54) is 11.3 Å². The average molecular weight is 442 g/mol. The molecule has 31 heavy (non-hydrogen) atoms. The van der Waals surface area contributed by atoms with Gasteiger partial charge in [-0.25, -0.2) is 4.98 Å². The number of rotatable bonds is 6. The number of hydrogen-bond acceptors (Lipinski definition) is 6. The molecule has 164 valence electrons. The highest BCUT2D eigenvalue weighted by Crippen LogP contribution is 2.28.